The molecular weight excluding hydrogens is 182 g/mol. The van der Waals surface area contributed by atoms with Crippen molar-refractivity contribution < 1.29 is 9.53 Å². The van der Waals surface area contributed by atoms with E-state index in [2.05, 4.69) is 9.72 Å². The molecule has 5 heteroatoms. The fourth-order valence-corrected chi connectivity index (χ4v) is 1.09. The quantitative estimate of drug-likeness (QED) is 0.696. The number of nitrogens with two attached hydrogens (primary N) is 1. The monoisotopic (exact) mass is 195 g/mol. The van der Waals surface area contributed by atoms with Crippen molar-refractivity contribution in [3.63, 3.8) is 0 Å². The molecule has 1 rings (SSSR count). The Morgan fingerprint density at radius 3 is 2.71 bits per heavy atom. The lowest BCUT2D eigenvalue weighted by molar-refractivity contribution is 0.0601. The van der Waals surface area contributed by atoms with Gasteiger partial charge in [0.05, 0.1) is 24.6 Å². The highest BCUT2D eigenvalue weighted by atomic mass is 16.5. The average Bonchev–Trinajstić information content (AvgIpc) is 2.16. The number of hydrogen-bond donors (Lipinski definition) is 1. The van der Waals surface area contributed by atoms with E-state index >= 15 is 0 Å². The molecule has 5 nitrogen and oxygen atoms in total. The lowest BCUT2D eigenvalue weighted by atomic mass is 10.2. The molecule has 0 unspecified atom stereocenters. The summed E-state index contributed by atoms with van der Waals surface area (Å²) in [4.78, 5) is 17.0. The molecule has 0 bridgehead atoms. The molecule has 76 valence electrons. The van der Waals surface area contributed by atoms with Crippen LogP contribution in [0.2, 0.25) is 0 Å². The van der Waals surface area contributed by atoms with Gasteiger partial charge in [-0.2, -0.15) is 0 Å². The Morgan fingerprint density at radius 2 is 2.21 bits per heavy atom. The Labute approximate surface area is 82.5 Å². The van der Waals surface area contributed by atoms with Crippen LogP contribution < -0.4 is 10.6 Å². The van der Waals surface area contributed by atoms with Gasteiger partial charge in [0.2, 0.25) is 0 Å². The molecular formula is C9H13N3O2. The van der Waals surface area contributed by atoms with Crippen molar-refractivity contribution in [2.45, 2.75) is 0 Å². The molecule has 14 heavy (non-hydrogen) atoms. The Morgan fingerprint density at radius 1 is 1.57 bits per heavy atom. The number of ether oxygens (including phenoxy) is 1. The number of hydrogen-bond acceptors (Lipinski definition) is 5. The van der Waals surface area contributed by atoms with Gasteiger partial charge in [0.1, 0.15) is 5.82 Å². The number of methoxy groups -OCH3 is 1. The molecule has 0 radical (unpaired) electrons. The molecule has 1 aromatic heterocycles. The Balaban J connectivity index is 3.22. The second-order valence-electron chi connectivity index (χ2n) is 3.01. The van der Waals surface area contributed by atoms with E-state index in [1.165, 1.54) is 13.2 Å². The maximum atomic E-state index is 11.4. The largest absolute Gasteiger partial charge is 0.465 e. The van der Waals surface area contributed by atoms with Crippen LogP contribution in [-0.2, 0) is 4.74 Å². The molecule has 0 aromatic carbocycles. The lowest BCUT2D eigenvalue weighted by Crippen LogP contribution is -2.15. The summed E-state index contributed by atoms with van der Waals surface area (Å²) in [6.07, 6.45) is 1.54. The molecule has 0 saturated carbocycles. The third-order valence-corrected chi connectivity index (χ3v) is 1.79. The number of nitrogen functional groups attached to an aromatic ring is 1. The highest BCUT2D eigenvalue weighted by molar-refractivity contribution is 5.96. The molecule has 0 amide bonds. The number of aromatic nitrogens is 1. The predicted octanol–water partition coefficient (Wildman–Crippen LogP) is 0.516. The van der Waals surface area contributed by atoms with Crippen molar-refractivity contribution in [2.24, 2.45) is 0 Å². The minimum Gasteiger partial charge on any atom is -0.465 e. The summed E-state index contributed by atoms with van der Waals surface area (Å²) >= 11 is 0. The Bertz CT molecular complexity index is 350. The zero-order chi connectivity index (χ0) is 10.7. The van der Waals surface area contributed by atoms with E-state index in [0.717, 1.165) is 0 Å². The van der Waals surface area contributed by atoms with E-state index < -0.39 is 5.97 Å². The smallest absolute Gasteiger partial charge is 0.340 e. The van der Waals surface area contributed by atoms with Gasteiger partial charge in [-0.25, -0.2) is 9.78 Å². The van der Waals surface area contributed by atoms with Crippen LogP contribution in [0.25, 0.3) is 0 Å². The first-order chi connectivity index (χ1) is 6.56. The van der Waals surface area contributed by atoms with E-state index in [9.17, 15) is 4.79 Å². The summed E-state index contributed by atoms with van der Waals surface area (Å²) < 4.78 is 4.63. The van der Waals surface area contributed by atoms with Crippen LogP contribution in [0.15, 0.2) is 12.3 Å². The first-order valence-corrected chi connectivity index (χ1v) is 4.07. The molecule has 1 aromatic rings. The molecule has 0 spiro atoms. The maximum Gasteiger partial charge on any atom is 0.340 e. The van der Waals surface area contributed by atoms with Crippen LogP contribution in [-0.4, -0.2) is 32.2 Å². The molecule has 2 N–H and O–H groups in total. The molecule has 0 aliphatic rings. The van der Waals surface area contributed by atoms with Gasteiger partial charge in [0.25, 0.3) is 0 Å². The van der Waals surface area contributed by atoms with Crippen molar-refractivity contribution in [2.75, 3.05) is 31.8 Å². The number of rotatable bonds is 2. The number of nitrogens with zero attached hydrogens (tertiary/aromatic N) is 2. The van der Waals surface area contributed by atoms with Gasteiger partial charge in [-0.1, -0.05) is 0 Å². The number of carbonyl (C=O) groups excluding carboxylic acids is 1. The zero-order valence-corrected chi connectivity index (χ0v) is 8.44. The minimum absolute atomic E-state index is 0.302. The SMILES string of the molecule is COC(=O)c1cc(N)ncc1N(C)C. The van der Waals surface area contributed by atoms with Crippen LogP contribution in [0.5, 0.6) is 0 Å². The number of pyridine rings is 1. The van der Waals surface area contributed by atoms with Gasteiger partial charge in [-0.3, -0.25) is 0 Å². The number of carbonyl (C=O) groups is 1. The van der Waals surface area contributed by atoms with Gasteiger partial charge in [0.15, 0.2) is 0 Å². The molecule has 0 aliphatic heterocycles. The molecule has 0 atom stereocenters. The molecule has 0 aliphatic carbocycles. The minimum atomic E-state index is -0.414. The molecule has 1 heterocycles. The fourth-order valence-electron chi connectivity index (χ4n) is 1.09. The second-order valence-corrected chi connectivity index (χ2v) is 3.01. The van der Waals surface area contributed by atoms with Gasteiger partial charge < -0.3 is 15.4 Å². The first kappa shape index (κ1) is 10.3. The van der Waals surface area contributed by atoms with Crippen molar-refractivity contribution in [1.82, 2.24) is 4.98 Å². The number of anilines is 2. The normalized spacial score (nSPS) is 9.64. The second kappa shape index (κ2) is 3.95. The van der Waals surface area contributed by atoms with E-state index in [1.807, 2.05) is 14.1 Å². The highest BCUT2D eigenvalue weighted by Crippen LogP contribution is 2.19. The van der Waals surface area contributed by atoms with E-state index in [4.69, 9.17) is 5.73 Å². The average molecular weight is 195 g/mol. The summed E-state index contributed by atoms with van der Waals surface area (Å²) in [5.41, 5.74) is 6.59. The summed E-state index contributed by atoms with van der Waals surface area (Å²) in [5, 5.41) is 0. The third kappa shape index (κ3) is 1.93. The zero-order valence-electron chi connectivity index (χ0n) is 8.44. The van der Waals surface area contributed by atoms with E-state index in [-0.39, 0.29) is 0 Å². The van der Waals surface area contributed by atoms with Crippen LogP contribution >= 0.6 is 0 Å². The van der Waals surface area contributed by atoms with Gasteiger partial charge >= 0.3 is 5.97 Å². The van der Waals surface area contributed by atoms with Crippen molar-refractivity contribution in [3.8, 4) is 0 Å². The summed E-state index contributed by atoms with van der Waals surface area (Å²) in [6.45, 7) is 0. The number of esters is 1. The topological polar surface area (TPSA) is 68.5 Å². The van der Waals surface area contributed by atoms with E-state index in [1.54, 1.807) is 11.1 Å². The Kier molecular flexibility index (Phi) is 2.91. The maximum absolute atomic E-state index is 11.4. The van der Waals surface area contributed by atoms with Crippen molar-refractivity contribution in [3.05, 3.63) is 17.8 Å². The van der Waals surface area contributed by atoms with E-state index in [0.29, 0.717) is 17.1 Å². The van der Waals surface area contributed by atoms with Crippen LogP contribution in [0.3, 0.4) is 0 Å². The van der Waals surface area contributed by atoms with Gasteiger partial charge in [-0.15, -0.1) is 0 Å². The molecule has 0 saturated heterocycles. The fraction of sp³-hybridized carbons (Fsp3) is 0.333. The van der Waals surface area contributed by atoms with Crippen LogP contribution in [0, 0.1) is 0 Å². The summed E-state index contributed by atoms with van der Waals surface area (Å²) in [6, 6.07) is 1.50. The summed E-state index contributed by atoms with van der Waals surface area (Å²) in [7, 11) is 4.97. The standard InChI is InChI=1S/C9H13N3O2/c1-12(2)7-5-11-8(10)4-6(7)9(13)14-3/h4-5H,1-3H3,(H2,10,11). The molecule has 0 fully saturated rings. The van der Waals surface area contributed by atoms with Gasteiger partial charge in [0, 0.05) is 14.1 Å². The Hall–Kier alpha value is -1.78. The van der Waals surface area contributed by atoms with Crippen molar-refractivity contribution >= 4 is 17.5 Å². The highest BCUT2D eigenvalue weighted by Gasteiger charge is 2.13. The lowest BCUT2D eigenvalue weighted by Gasteiger charge is -2.15. The van der Waals surface area contributed by atoms with Gasteiger partial charge in [-0.05, 0) is 6.07 Å². The van der Waals surface area contributed by atoms with Crippen LogP contribution in [0.1, 0.15) is 10.4 Å². The first-order valence-electron chi connectivity index (χ1n) is 4.07. The third-order valence-electron chi connectivity index (χ3n) is 1.79. The van der Waals surface area contributed by atoms with Crippen LogP contribution in [0.4, 0.5) is 11.5 Å². The summed E-state index contributed by atoms with van der Waals surface area (Å²) in [5.74, 6) is -0.112. The van der Waals surface area contributed by atoms with Crippen molar-refractivity contribution in [1.29, 1.82) is 0 Å². The predicted molar refractivity (Wildman–Crippen MR) is 54.3 cm³/mol.